The maximum atomic E-state index is 13.9. The van der Waals surface area contributed by atoms with Gasteiger partial charge in [-0.05, 0) is 48.9 Å². The first kappa shape index (κ1) is 23.3. The van der Waals surface area contributed by atoms with Gasteiger partial charge in [0.1, 0.15) is 5.75 Å². The summed E-state index contributed by atoms with van der Waals surface area (Å²) >= 11 is 0. The van der Waals surface area contributed by atoms with Crippen molar-refractivity contribution in [2.45, 2.75) is 6.92 Å². The maximum absolute atomic E-state index is 13.9. The quantitative estimate of drug-likeness (QED) is 0.311. The van der Waals surface area contributed by atoms with Crippen molar-refractivity contribution in [2.75, 3.05) is 12.4 Å². The van der Waals surface area contributed by atoms with Crippen LogP contribution in [0.5, 0.6) is 5.75 Å². The minimum Gasteiger partial charge on any atom is -0.497 e. The van der Waals surface area contributed by atoms with E-state index in [1.165, 1.54) is 0 Å². The highest BCUT2D eigenvalue weighted by atomic mass is 16.5. The largest absolute Gasteiger partial charge is 0.497 e. The van der Waals surface area contributed by atoms with Crippen molar-refractivity contribution in [2.24, 2.45) is 0 Å². The van der Waals surface area contributed by atoms with Gasteiger partial charge in [0.15, 0.2) is 11.6 Å². The van der Waals surface area contributed by atoms with Crippen molar-refractivity contribution in [3.8, 4) is 17.0 Å². The van der Waals surface area contributed by atoms with Gasteiger partial charge >= 0.3 is 0 Å². The molecule has 0 saturated carbocycles. The van der Waals surface area contributed by atoms with Crippen molar-refractivity contribution in [1.29, 1.82) is 0 Å². The van der Waals surface area contributed by atoms with Gasteiger partial charge in [0.2, 0.25) is 0 Å². The van der Waals surface area contributed by atoms with Crippen LogP contribution in [-0.2, 0) is 0 Å². The molecule has 0 unspecified atom stereocenters. The lowest BCUT2D eigenvalue weighted by Crippen LogP contribution is -2.24. The van der Waals surface area contributed by atoms with Gasteiger partial charge in [-0.3, -0.25) is 14.4 Å². The van der Waals surface area contributed by atoms with E-state index in [1.807, 2.05) is 55.5 Å². The Morgan fingerprint density at radius 1 is 0.763 bits per heavy atom. The Kier molecular flexibility index (Phi) is 5.57. The van der Waals surface area contributed by atoms with Crippen molar-refractivity contribution in [3.63, 3.8) is 0 Å². The molecule has 1 aromatic heterocycles. The number of amides is 1. The maximum Gasteiger partial charge on any atom is 0.256 e. The van der Waals surface area contributed by atoms with E-state index in [9.17, 15) is 14.4 Å². The molecule has 6 rings (SSSR count). The zero-order valence-corrected chi connectivity index (χ0v) is 20.7. The molecule has 0 fully saturated rings. The third-order valence-corrected chi connectivity index (χ3v) is 6.93. The molecule has 0 spiro atoms. The van der Waals surface area contributed by atoms with Crippen molar-refractivity contribution < 1.29 is 19.1 Å². The van der Waals surface area contributed by atoms with Crippen LogP contribution in [0.2, 0.25) is 0 Å². The van der Waals surface area contributed by atoms with Crippen LogP contribution in [-0.4, -0.2) is 29.6 Å². The van der Waals surface area contributed by atoms with Crippen LogP contribution >= 0.6 is 0 Å². The van der Waals surface area contributed by atoms with Gasteiger partial charge in [-0.2, -0.15) is 0 Å². The molecule has 6 nitrogen and oxygen atoms in total. The lowest BCUT2D eigenvalue weighted by Gasteiger charge is -2.21. The monoisotopic (exact) mass is 498 g/mol. The summed E-state index contributed by atoms with van der Waals surface area (Å²) in [5.41, 5.74) is 4.82. The first-order valence-electron chi connectivity index (χ1n) is 12.1. The average Bonchev–Trinajstić information content (AvgIpc) is 2.95. The third kappa shape index (κ3) is 3.66. The number of ether oxygens (including phenoxy) is 1. The molecule has 0 radical (unpaired) electrons. The molecule has 1 heterocycles. The molecule has 0 atom stereocenters. The van der Waals surface area contributed by atoms with Gasteiger partial charge in [0.25, 0.3) is 5.91 Å². The highest BCUT2D eigenvalue weighted by Gasteiger charge is 2.32. The number of hydrogen-bond donors (Lipinski definition) is 1. The highest BCUT2D eigenvalue weighted by molar-refractivity contribution is 6.31. The van der Waals surface area contributed by atoms with Crippen LogP contribution in [0.3, 0.4) is 0 Å². The molecule has 5 aromatic rings. The van der Waals surface area contributed by atoms with E-state index in [2.05, 4.69) is 5.32 Å². The van der Waals surface area contributed by atoms with Crippen LogP contribution in [0.4, 0.5) is 5.69 Å². The number of aromatic nitrogens is 1. The molecular formula is C32H22N2O4. The number of methoxy groups -OCH3 is 1. The minimum atomic E-state index is -0.386. The number of hydrogen-bond acceptors (Lipinski definition) is 5. The van der Waals surface area contributed by atoms with E-state index < -0.39 is 0 Å². The van der Waals surface area contributed by atoms with Gasteiger partial charge in [0.05, 0.1) is 35.1 Å². The van der Waals surface area contributed by atoms with Crippen LogP contribution < -0.4 is 10.1 Å². The summed E-state index contributed by atoms with van der Waals surface area (Å²) < 4.78 is 5.28. The zero-order valence-electron chi connectivity index (χ0n) is 20.7. The Morgan fingerprint density at radius 2 is 1.42 bits per heavy atom. The summed E-state index contributed by atoms with van der Waals surface area (Å²) in [5, 5.41) is 3.63. The average molecular weight is 499 g/mol. The second kappa shape index (κ2) is 9.09. The minimum absolute atomic E-state index is 0.205. The topological polar surface area (TPSA) is 85.4 Å². The van der Waals surface area contributed by atoms with Gasteiger partial charge in [-0.25, -0.2) is 4.98 Å². The Labute approximate surface area is 218 Å². The SMILES string of the molecule is COc1ccc(-c2nc3ccccc3c(C(=O)Nc3cccc4c3C(=O)c3ccccc3C4=O)c2C)cc1. The van der Waals surface area contributed by atoms with Crippen molar-refractivity contribution in [3.05, 3.63) is 124 Å². The van der Waals surface area contributed by atoms with E-state index >= 15 is 0 Å². The highest BCUT2D eigenvalue weighted by Crippen LogP contribution is 2.34. The zero-order chi connectivity index (χ0) is 26.4. The fourth-order valence-corrected chi connectivity index (χ4v) is 5.06. The smallest absolute Gasteiger partial charge is 0.256 e. The number of pyridine rings is 1. The second-order valence-electron chi connectivity index (χ2n) is 9.09. The number of fused-ring (bicyclic) bond motifs is 3. The van der Waals surface area contributed by atoms with Gasteiger partial charge in [-0.15, -0.1) is 0 Å². The van der Waals surface area contributed by atoms with Crippen LogP contribution in [0.15, 0.2) is 91.0 Å². The Balaban J connectivity index is 1.47. The molecular weight excluding hydrogens is 476 g/mol. The first-order valence-corrected chi connectivity index (χ1v) is 12.1. The van der Waals surface area contributed by atoms with Gasteiger partial charge < -0.3 is 10.1 Å². The number of anilines is 1. The molecule has 1 aliphatic carbocycles. The van der Waals surface area contributed by atoms with Crippen molar-refractivity contribution >= 4 is 34.1 Å². The first-order chi connectivity index (χ1) is 18.5. The molecule has 184 valence electrons. The number of para-hydroxylation sites is 1. The second-order valence-corrected chi connectivity index (χ2v) is 9.09. The predicted octanol–water partition coefficient (Wildman–Crippen LogP) is 6.25. The van der Waals surface area contributed by atoms with Gasteiger partial charge in [0, 0.05) is 27.6 Å². The lowest BCUT2D eigenvalue weighted by molar-refractivity contribution is 0.0978. The summed E-state index contributed by atoms with van der Waals surface area (Å²) in [5.74, 6) is -0.192. The molecule has 38 heavy (non-hydrogen) atoms. The molecule has 4 aromatic carbocycles. The Hall–Kier alpha value is -5.10. The van der Waals surface area contributed by atoms with Crippen LogP contribution in [0.25, 0.3) is 22.2 Å². The van der Waals surface area contributed by atoms with E-state index in [0.717, 1.165) is 11.3 Å². The van der Waals surface area contributed by atoms with E-state index in [-0.39, 0.29) is 28.6 Å². The predicted molar refractivity (Wildman–Crippen MR) is 146 cm³/mol. The van der Waals surface area contributed by atoms with Crippen LogP contribution in [0, 0.1) is 6.92 Å². The summed E-state index contributed by atoms with van der Waals surface area (Å²) in [6.45, 7) is 1.86. The number of nitrogens with zero attached hydrogens (tertiary/aromatic N) is 1. The number of nitrogens with one attached hydrogen (secondary N) is 1. The standard InChI is InChI=1S/C32H22N2O4/c1-18-27(23-10-5-6-12-25(23)33-29(18)19-14-16-20(38-2)17-15-19)32(37)34-26-13-7-11-24-28(26)31(36)22-9-4-3-8-21(22)30(24)35/h3-17H,1-2H3,(H,34,37). The summed E-state index contributed by atoms with van der Waals surface area (Å²) in [6, 6.07) is 26.6. The third-order valence-electron chi connectivity index (χ3n) is 6.93. The van der Waals surface area contributed by atoms with Gasteiger partial charge in [-0.1, -0.05) is 54.6 Å². The normalized spacial score (nSPS) is 12.2. The Morgan fingerprint density at radius 3 is 2.16 bits per heavy atom. The summed E-state index contributed by atoms with van der Waals surface area (Å²) in [6.07, 6.45) is 0. The molecule has 1 aliphatic rings. The number of carbonyl (C=O) groups excluding carboxylic acids is 3. The fraction of sp³-hybridized carbons (Fsp3) is 0.0625. The lowest BCUT2D eigenvalue weighted by atomic mass is 9.83. The molecule has 0 aliphatic heterocycles. The summed E-state index contributed by atoms with van der Waals surface area (Å²) in [4.78, 5) is 45.3. The molecule has 1 N–H and O–H groups in total. The number of carbonyl (C=O) groups is 3. The van der Waals surface area contributed by atoms with E-state index in [4.69, 9.17) is 9.72 Å². The number of ketones is 2. The number of rotatable bonds is 4. The molecule has 6 heteroatoms. The van der Waals surface area contributed by atoms with Crippen molar-refractivity contribution in [1.82, 2.24) is 4.98 Å². The fourth-order valence-electron chi connectivity index (χ4n) is 5.06. The molecule has 0 saturated heterocycles. The number of benzene rings is 4. The molecule has 1 amide bonds. The summed E-state index contributed by atoms with van der Waals surface area (Å²) in [7, 11) is 1.61. The van der Waals surface area contributed by atoms with Crippen LogP contribution in [0.1, 0.15) is 47.8 Å². The molecule has 0 bridgehead atoms. The van der Waals surface area contributed by atoms with E-state index in [0.29, 0.717) is 44.5 Å². The Bertz CT molecular complexity index is 1790. The van der Waals surface area contributed by atoms with E-state index in [1.54, 1.807) is 49.6 Å².